The first-order valence-corrected chi connectivity index (χ1v) is 13.0. The second kappa shape index (κ2) is 12.4. The molecule has 14 heteroatoms. The average Bonchev–Trinajstić information content (AvgIpc) is 3.66. The van der Waals surface area contributed by atoms with E-state index < -0.39 is 22.8 Å². The molecule has 3 heterocycles. The minimum absolute atomic E-state index is 0.0401. The van der Waals surface area contributed by atoms with Crippen LogP contribution in [0, 0.1) is 0 Å². The minimum Gasteiger partial charge on any atom is -0.490 e. The Hall–Kier alpha value is -4.36. The van der Waals surface area contributed by atoms with Crippen molar-refractivity contribution in [3.8, 4) is 28.8 Å². The number of hydrogen-bond donors (Lipinski definition) is 2. The number of likely N-dealkylation sites (tertiary alicyclic amines) is 1. The summed E-state index contributed by atoms with van der Waals surface area (Å²) in [7, 11) is 0. The van der Waals surface area contributed by atoms with Gasteiger partial charge in [0.1, 0.15) is 29.5 Å². The van der Waals surface area contributed by atoms with Gasteiger partial charge >= 0.3 is 12.2 Å². The summed E-state index contributed by atoms with van der Waals surface area (Å²) in [5.41, 5.74) is -0.431. The molecule has 1 saturated heterocycles. The third-order valence-corrected chi connectivity index (χ3v) is 6.46. The number of hydrogen-bond acceptors (Lipinski definition) is 8. The monoisotopic (exact) mass is 588 g/mol. The van der Waals surface area contributed by atoms with Crippen molar-refractivity contribution in [3.05, 3.63) is 71.7 Å². The number of halogens is 4. The van der Waals surface area contributed by atoms with Gasteiger partial charge in [0, 0.05) is 30.6 Å². The van der Waals surface area contributed by atoms with Gasteiger partial charge in [-0.15, -0.1) is 10.2 Å². The number of aromatic nitrogens is 3. The molecular formula is C27H24ClF3N6O4. The van der Waals surface area contributed by atoms with Crippen molar-refractivity contribution in [3.63, 3.8) is 0 Å². The molecule has 0 spiro atoms. The number of amides is 2. The Bertz CT molecular complexity index is 1480. The third-order valence-electron chi connectivity index (χ3n) is 6.15. The van der Waals surface area contributed by atoms with Crippen molar-refractivity contribution in [2.45, 2.75) is 19.0 Å². The average molecular weight is 589 g/mol. The highest BCUT2D eigenvalue weighted by atomic mass is 35.5. The highest BCUT2D eigenvalue weighted by Gasteiger charge is 2.34. The first-order valence-electron chi connectivity index (χ1n) is 12.6. The van der Waals surface area contributed by atoms with Crippen molar-refractivity contribution < 1.29 is 31.9 Å². The number of alkyl halides is 3. The van der Waals surface area contributed by atoms with Crippen LogP contribution in [-0.2, 0) is 6.18 Å². The van der Waals surface area contributed by atoms with Gasteiger partial charge in [0.15, 0.2) is 0 Å². The van der Waals surface area contributed by atoms with Crippen LogP contribution < -0.4 is 20.1 Å². The number of urea groups is 1. The molecule has 0 unspecified atom stereocenters. The fourth-order valence-electron chi connectivity index (χ4n) is 4.18. The predicted octanol–water partition coefficient (Wildman–Crippen LogP) is 6.71. The van der Waals surface area contributed by atoms with Gasteiger partial charge in [0.2, 0.25) is 6.39 Å². The van der Waals surface area contributed by atoms with E-state index in [1.54, 1.807) is 36.4 Å². The standard InChI is InChI=1S/C27H24ClF3N6O4/c28-21-15-24(39-12-11-37-9-1-2-10-37)22(14-20(21)27(29,30)31)35-26(38)34-17-3-5-18(6-4-17)41-19-7-8-32-23(13-19)25-36-33-16-40-25/h3-8,13-16H,1-2,9-12H2,(H2,34,35,38). The normalized spacial score (nSPS) is 13.7. The lowest BCUT2D eigenvalue weighted by Crippen LogP contribution is -2.25. The first kappa shape index (κ1) is 28.2. The number of anilines is 2. The van der Waals surface area contributed by atoms with Gasteiger partial charge in [-0.2, -0.15) is 13.2 Å². The summed E-state index contributed by atoms with van der Waals surface area (Å²) in [6.07, 6.45) is 0.198. The molecule has 1 aliphatic rings. The maximum Gasteiger partial charge on any atom is 0.417 e. The van der Waals surface area contributed by atoms with Crippen molar-refractivity contribution in [1.82, 2.24) is 20.1 Å². The molecule has 0 aliphatic carbocycles. The van der Waals surface area contributed by atoms with E-state index in [2.05, 4.69) is 30.7 Å². The predicted molar refractivity (Wildman–Crippen MR) is 144 cm³/mol. The maximum atomic E-state index is 13.5. The zero-order chi connectivity index (χ0) is 28.8. The lowest BCUT2D eigenvalue weighted by molar-refractivity contribution is -0.137. The van der Waals surface area contributed by atoms with E-state index in [0.29, 0.717) is 29.4 Å². The van der Waals surface area contributed by atoms with Crippen molar-refractivity contribution in [2.24, 2.45) is 0 Å². The van der Waals surface area contributed by atoms with Crippen LogP contribution in [0.1, 0.15) is 18.4 Å². The number of rotatable bonds is 9. The van der Waals surface area contributed by atoms with Crippen LogP contribution in [0.3, 0.4) is 0 Å². The van der Waals surface area contributed by atoms with Gasteiger partial charge in [-0.1, -0.05) is 11.6 Å². The van der Waals surface area contributed by atoms with Crippen LogP contribution in [0.4, 0.5) is 29.3 Å². The topological polar surface area (TPSA) is 115 Å². The largest absolute Gasteiger partial charge is 0.490 e. The molecule has 2 aromatic heterocycles. The number of carbonyl (C=O) groups is 1. The number of carbonyl (C=O) groups excluding carboxylic acids is 1. The van der Waals surface area contributed by atoms with E-state index in [9.17, 15) is 18.0 Å². The van der Waals surface area contributed by atoms with E-state index in [4.69, 9.17) is 25.5 Å². The summed E-state index contributed by atoms with van der Waals surface area (Å²) >= 11 is 5.90. The lowest BCUT2D eigenvalue weighted by atomic mass is 10.1. The molecule has 0 radical (unpaired) electrons. The number of nitrogens with one attached hydrogen (secondary N) is 2. The van der Waals surface area contributed by atoms with Gasteiger partial charge in [0.05, 0.1) is 16.3 Å². The Labute approximate surface area is 237 Å². The Balaban J connectivity index is 1.23. The number of benzene rings is 2. The number of pyridine rings is 1. The molecule has 41 heavy (non-hydrogen) atoms. The van der Waals surface area contributed by atoms with Crippen LogP contribution in [-0.4, -0.2) is 52.4 Å². The quantitative estimate of drug-likeness (QED) is 0.222. The van der Waals surface area contributed by atoms with E-state index in [1.165, 1.54) is 12.6 Å². The fourth-order valence-corrected chi connectivity index (χ4v) is 4.44. The van der Waals surface area contributed by atoms with Crippen molar-refractivity contribution in [2.75, 3.05) is 36.9 Å². The molecule has 4 aromatic rings. The van der Waals surface area contributed by atoms with Crippen LogP contribution in [0.5, 0.6) is 17.2 Å². The van der Waals surface area contributed by atoms with E-state index in [1.807, 2.05) is 0 Å². The summed E-state index contributed by atoms with van der Waals surface area (Å²) < 4.78 is 57.2. The molecular weight excluding hydrogens is 565 g/mol. The Kier molecular flexibility index (Phi) is 8.55. The maximum absolute atomic E-state index is 13.5. The zero-order valence-corrected chi connectivity index (χ0v) is 22.2. The summed E-state index contributed by atoms with van der Waals surface area (Å²) in [5.74, 6) is 1.20. The first-order chi connectivity index (χ1) is 19.7. The molecule has 1 aliphatic heterocycles. The molecule has 2 amide bonds. The molecule has 1 fully saturated rings. The van der Waals surface area contributed by atoms with Gasteiger partial charge in [-0.3, -0.25) is 9.88 Å². The smallest absolute Gasteiger partial charge is 0.417 e. The summed E-state index contributed by atoms with van der Waals surface area (Å²) in [4.78, 5) is 19.1. The molecule has 10 nitrogen and oxygen atoms in total. The van der Waals surface area contributed by atoms with E-state index in [-0.39, 0.29) is 23.9 Å². The van der Waals surface area contributed by atoms with E-state index in [0.717, 1.165) is 38.1 Å². The Morgan fingerprint density at radius 1 is 1.05 bits per heavy atom. The second-order valence-corrected chi connectivity index (χ2v) is 9.46. The summed E-state index contributed by atoms with van der Waals surface area (Å²) in [6.45, 7) is 2.72. The van der Waals surface area contributed by atoms with Crippen LogP contribution in [0.15, 0.2) is 65.5 Å². The molecule has 0 atom stereocenters. The highest BCUT2D eigenvalue weighted by Crippen LogP contribution is 2.40. The Morgan fingerprint density at radius 2 is 1.83 bits per heavy atom. The van der Waals surface area contributed by atoms with Crippen LogP contribution in [0.25, 0.3) is 11.6 Å². The van der Waals surface area contributed by atoms with Crippen LogP contribution in [0.2, 0.25) is 5.02 Å². The van der Waals surface area contributed by atoms with Gasteiger partial charge in [-0.25, -0.2) is 4.79 Å². The van der Waals surface area contributed by atoms with Gasteiger partial charge in [0.25, 0.3) is 5.89 Å². The van der Waals surface area contributed by atoms with Gasteiger partial charge < -0.3 is 24.5 Å². The van der Waals surface area contributed by atoms with Crippen molar-refractivity contribution in [1.29, 1.82) is 0 Å². The molecule has 214 valence electrons. The van der Waals surface area contributed by atoms with E-state index >= 15 is 0 Å². The minimum atomic E-state index is -4.71. The highest BCUT2D eigenvalue weighted by molar-refractivity contribution is 6.31. The third kappa shape index (κ3) is 7.44. The van der Waals surface area contributed by atoms with Crippen molar-refractivity contribution >= 4 is 29.0 Å². The molecule has 2 N–H and O–H groups in total. The van der Waals surface area contributed by atoms with Gasteiger partial charge in [-0.05, 0) is 62.3 Å². The van der Waals surface area contributed by atoms with Crippen LogP contribution >= 0.6 is 11.6 Å². The summed E-state index contributed by atoms with van der Waals surface area (Å²) in [5, 5.41) is 11.9. The summed E-state index contributed by atoms with van der Waals surface area (Å²) in [6, 6.07) is 10.7. The Morgan fingerprint density at radius 3 is 2.54 bits per heavy atom. The number of nitrogens with zero attached hydrogens (tertiary/aromatic N) is 4. The molecule has 0 bridgehead atoms. The molecule has 5 rings (SSSR count). The zero-order valence-electron chi connectivity index (χ0n) is 21.4. The second-order valence-electron chi connectivity index (χ2n) is 9.05. The number of ether oxygens (including phenoxy) is 2. The molecule has 0 saturated carbocycles. The SMILES string of the molecule is O=C(Nc1ccc(Oc2ccnc(-c3nnco3)c2)cc1)Nc1cc(C(F)(F)F)c(Cl)cc1OCCN1CCCC1. The fraction of sp³-hybridized carbons (Fsp3) is 0.259. The lowest BCUT2D eigenvalue weighted by Gasteiger charge is -2.19. The molecule has 2 aromatic carbocycles.